The lowest BCUT2D eigenvalue weighted by molar-refractivity contribution is -0.121. The molecule has 2 N–H and O–H groups in total. The molecule has 104 valence electrons. The number of hydrogen-bond donors (Lipinski definition) is 2. The normalized spacial score (nSPS) is 11.5. The van der Waals surface area contributed by atoms with Crippen molar-refractivity contribution < 1.29 is 9.59 Å². The monoisotopic (exact) mass is 281 g/mol. The van der Waals surface area contributed by atoms with Gasteiger partial charge in [0, 0.05) is 16.6 Å². The Hall–Kier alpha value is -1.69. The molecule has 0 saturated heterocycles. The van der Waals surface area contributed by atoms with E-state index in [1.54, 1.807) is 6.92 Å². The van der Waals surface area contributed by atoms with Crippen molar-refractivity contribution in [3.8, 4) is 0 Å². The van der Waals surface area contributed by atoms with Gasteiger partial charge in [0.1, 0.15) is 0 Å². The van der Waals surface area contributed by atoms with Gasteiger partial charge in [-0.1, -0.05) is 6.07 Å². The van der Waals surface area contributed by atoms with Crippen LogP contribution in [0.4, 0.5) is 0 Å². The quantitative estimate of drug-likeness (QED) is 0.615. The molecule has 0 aliphatic carbocycles. The van der Waals surface area contributed by atoms with Gasteiger partial charge in [0.05, 0.1) is 12.8 Å². The Morgan fingerprint density at radius 1 is 1.37 bits per heavy atom. The third-order valence-electron chi connectivity index (χ3n) is 2.15. The fraction of sp³-hybridized carbons (Fsp3) is 0.462. The van der Waals surface area contributed by atoms with Crippen LogP contribution in [0.1, 0.15) is 32.1 Å². The van der Waals surface area contributed by atoms with E-state index in [2.05, 4.69) is 15.8 Å². The predicted molar refractivity (Wildman–Crippen MR) is 77.2 cm³/mol. The van der Waals surface area contributed by atoms with Crippen molar-refractivity contribution in [1.82, 2.24) is 10.7 Å². The van der Waals surface area contributed by atoms with Crippen LogP contribution in [0.15, 0.2) is 22.6 Å². The average Bonchev–Trinajstić information content (AvgIpc) is 2.77. The number of carbonyl (C=O) groups excluding carboxylic acids is 2. The first-order chi connectivity index (χ1) is 8.97. The molecule has 5 nitrogen and oxygen atoms in total. The van der Waals surface area contributed by atoms with Crippen LogP contribution in [0.5, 0.6) is 0 Å². The summed E-state index contributed by atoms with van der Waals surface area (Å²) in [7, 11) is 0. The Bertz CT molecular complexity index is 452. The first-order valence-electron chi connectivity index (χ1n) is 6.11. The smallest absolute Gasteiger partial charge is 0.245 e. The van der Waals surface area contributed by atoms with Gasteiger partial charge in [-0.2, -0.15) is 5.10 Å². The predicted octanol–water partition coefficient (Wildman–Crippen LogP) is 1.70. The molecule has 1 heterocycles. The van der Waals surface area contributed by atoms with Crippen molar-refractivity contribution in [2.45, 2.75) is 39.7 Å². The largest absolute Gasteiger partial charge is 0.354 e. The zero-order valence-electron chi connectivity index (χ0n) is 11.4. The molecule has 0 saturated carbocycles. The second-order valence-corrected chi connectivity index (χ2v) is 5.57. The van der Waals surface area contributed by atoms with Crippen molar-refractivity contribution >= 4 is 28.9 Å². The van der Waals surface area contributed by atoms with E-state index in [0.29, 0.717) is 12.1 Å². The number of rotatable bonds is 6. The third-order valence-corrected chi connectivity index (χ3v) is 3.03. The zero-order chi connectivity index (χ0) is 14.3. The van der Waals surface area contributed by atoms with E-state index in [-0.39, 0.29) is 24.3 Å². The van der Waals surface area contributed by atoms with Crippen molar-refractivity contribution in [2.75, 3.05) is 0 Å². The summed E-state index contributed by atoms with van der Waals surface area (Å²) < 4.78 is 0. The minimum absolute atomic E-state index is 0.0937. The first-order valence-corrected chi connectivity index (χ1v) is 6.99. The second-order valence-electron chi connectivity index (χ2n) is 4.54. The van der Waals surface area contributed by atoms with Crippen molar-refractivity contribution in [3.63, 3.8) is 0 Å². The first kappa shape index (κ1) is 15.4. The molecule has 0 bridgehead atoms. The Balaban J connectivity index is 2.34. The van der Waals surface area contributed by atoms with Crippen molar-refractivity contribution in [2.24, 2.45) is 5.10 Å². The van der Waals surface area contributed by atoms with Gasteiger partial charge in [0.15, 0.2) is 0 Å². The summed E-state index contributed by atoms with van der Waals surface area (Å²) in [5.74, 6) is -0.269. The van der Waals surface area contributed by atoms with Gasteiger partial charge in [-0.05, 0) is 32.2 Å². The molecule has 1 aromatic rings. The number of nitrogens with zero attached hydrogens (tertiary/aromatic N) is 1. The molecule has 2 amide bonds. The van der Waals surface area contributed by atoms with Crippen LogP contribution < -0.4 is 10.7 Å². The summed E-state index contributed by atoms with van der Waals surface area (Å²) >= 11 is 1.53. The maximum absolute atomic E-state index is 11.6. The summed E-state index contributed by atoms with van der Waals surface area (Å²) in [6, 6.07) is 3.91. The van der Waals surface area contributed by atoms with E-state index in [1.165, 1.54) is 11.3 Å². The fourth-order valence-corrected chi connectivity index (χ4v) is 2.12. The van der Waals surface area contributed by atoms with Gasteiger partial charge in [-0.3, -0.25) is 9.59 Å². The van der Waals surface area contributed by atoms with Crippen LogP contribution in [-0.4, -0.2) is 23.6 Å². The Kier molecular flexibility index (Phi) is 6.21. The van der Waals surface area contributed by atoms with E-state index < -0.39 is 0 Å². The van der Waals surface area contributed by atoms with E-state index in [1.807, 2.05) is 31.4 Å². The Morgan fingerprint density at radius 3 is 2.68 bits per heavy atom. The molecular formula is C13H19N3O2S. The maximum atomic E-state index is 11.6. The summed E-state index contributed by atoms with van der Waals surface area (Å²) in [5.41, 5.74) is 3.04. The molecule has 19 heavy (non-hydrogen) atoms. The van der Waals surface area contributed by atoms with E-state index >= 15 is 0 Å². The average molecular weight is 281 g/mol. The van der Waals surface area contributed by atoms with Crippen LogP contribution in [-0.2, 0) is 16.0 Å². The zero-order valence-corrected chi connectivity index (χ0v) is 12.2. The molecule has 0 radical (unpaired) electrons. The lowest BCUT2D eigenvalue weighted by Gasteiger charge is -2.07. The summed E-state index contributed by atoms with van der Waals surface area (Å²) in [5, 5.41) is 8.60. The summed E-state index contributed by atoms with van der Waals surface area (Å²) in [6.45, 7) is 5.51. The molecule has 0 unspecified atom stereocenters. The van der Waals surface area contributed by atoms with Gasteiger partial charge in [0.25, 0.3) is 0 Å². The number of carbonyl (C=O) groups is 2. The van der Waals surface area contributed by atoms with Crippen LogP contribution in [0.2, 0.25) is 0 Å². The minimum Gasteiger partial charge on any atom is -0.354 e. The summed E-state index contributed by atoms with van der Waals surface area (Å²) in [4.78, 5) is 24.0. The van der Waals surface area contributed by atoms with E-state index in [9.17, 15) is 9.59 Å². The molecule has 0 atom stereocenters. The Labute approximate surface area is 117 Å². The molecule has 0 aliphatic heterocycles. The van der Waals surface area contributed by atoms with Gasteiger partial charge in [0.2, 0.25) is 11.8 Å². The van der Waals surface area contributed by atoms with Crippen molar-refractivity contribution in [1.29, 1.82) is 0 Å². The highest BCUT2D eigenvalue weighted by atomic mass is 32.1. The van der Waals surface area contributed by atoms with Crippen LogP contribution in [0, 0.1) is 0 Å². The number of amides is 2. The van der Waals surface area contributed by atoms with E-state index in [0.717, 1.165) is 4.88 Å². The standard InChI is InChI=1S/C13H19N3O2S/c1-9(2)14-12(17)7-10(3)15-16-13(18)8-11-5-4-6-19-11/h4-6,9H,7-8H2,1-3H3,(H,14,17)(H,16,18). The van der Waals surface area contributed by atoms with Gasteiger partial charge in [-0.25, -0.2) is 5.43 Å². The topological polar surface area (TPSA) is 70.6 Å². The maximum Gasteiger partial charge on any atom is 0.245 e. The SMILES string of the molecule is CC(CC(=O)NC(C)C)=NNC(=O)Cc1cccs1. The molecule has 0 aliphatic rings. The van der Waals surface area contributed by atoms with Crippen LogP contribution in [0.3, 0.4) is 0 Å². The van der Waals surface area contributed by atoms with Crippen LogP contribution in [0.25, 0.3) is 0 Å². The van der Waals surface area contributed by atoms with Crippen LogP contribution >= 0.6 is 11.3 Å². The molecule has 1 aromatic heterocycles. The lowest BCUT2D eigenvalue weighted by atomic mass is 10.2. The molecule has 6 heteroatoms. The van der Waals surface area contributed by atoms with Gasteiger partial charge >= 0.3 is 0 Å². The number of nitrogens with one attached hydrogen (secondary N) is 2. The Morgan fingerprint density at radius 2 is 2.11 bits per heavy atom. The van der Waals surface area contributed by atoms with Gasteiger partial charge < -0.3 is 5.32 Å². The summed E-state index contributed by atoms with van der Waals surface area (Å²) in [6.07, 6.45) is 0.504. The molecule has 0 fully saturated rings. The lowest BCUT2D eigenvalue weighted by Crippen LogP contribution is -2.31. The fourth-order valence-electron chi connectivity index (χ4n) is 1.41. The third kappa shape index (κ3) is 6.71. The number of hydrazone groups is 1. The number of hydrogen-bond acceptors (Lipinski definition) is 4. The molecule has 0 spiro atoms. The number of thiophene rings is 1. The second kappa shape index (κ2) is 7.68. The highest BCUT2D eigenvalue weighted by Crippen LogP contribution is 2.08. The molecule has 1 rings (SSSR count). The van der Waals surface area contributed by atoms with E-state index in [4.69, 9.17) is 0 Å². The van der Waals surface area contributed by atoms with Gasteiger partial charge in [-0.15, -0.1) is 11.3 Å². The van der Waals surface area contributed by atoms with Crippen molar-refractivity contribution in [3.05, 3.63) is 22.4 Å². The highest BCUT2D eigenvalue weighted by Gasteiger charge is 2.06. The highest BCUT2D eigenvalue weighted by molar-refractivity contribution is 7.10. The molecule has 0 aromatic carbocycles. The molecular weight excluding hydrogens is 262 g/mol. The minimum atomic E-state index is -0.175.